The quantitative estimate of drug-likeness (QED) is 0.718. The fraction of sp³-hybridized carbons (Fsp3) is 0.154. The summed E-state index contributed by atoms with van der Waals surface area (Å²) < 4.78 is 2.07. The van der Waals surface area contributed by atoms with Crippen LogP contribution in [0.1, 0.15) is 11.4 Å². The molecule has 17 heavy (non-hydrogen) atoms. The molecule has 0 N–H and O–H groups in total. The Hall–Kier alpha value is -1.25. The van der Waals surface area contributed by atoms with Crippen LogP contribution < -0.4 is 0 Å². The Labute approximate surface area is 111 Å². The van der Waals surface area contributed by atoms with Crippen LogP contribution in [-0.2, 0) is 7.05 Å². The Balaban J connectivity index is 2.26. The van der Waals surface area contributed by atoms with Gasteiger partial charge in [-0.2, -0.15) is 0 Å². The second-order valence-electron chi connectivity index (χ2n) is 3.82. The van der Waals surface area contributed by atoms with Gasteiger partial charge < -0.3 is 4.57 Å². The molecule has 0 fully saturated rings. The number of benzene rings is 1. The van der Waals surface area contributed by atoms with Crippen LogP contribution in [0.3, 0.4) is 0 Å². The molecule has 0 saturated carbocycles. The summed E-state index contributed by atoms with van der Waals surface area (Å²) in [5, 5.41) is 1.06. The Kier molecular flexibility index (Phi) is 3.55. The normalized spacial score (nSPS) is 11.3. The SMILES string of the molecule is Cc1ccc(C=Nc2ccc(Cl)c(Cl)c2)n1C. The van der Waals surface area contributed by atoms with E-state index in [0.717, 1.165) is 11.4 Å². The molecule has 2 nitrogen and oxygen atoms in total. The highest BCUT2D eigenvalue weighted by molar-refractivity contribution is 6.42. The fourth-order valence-corrected chi connectivity index (χ4v) is 1.76. The van der Waals surface area contributed by atoms with E-state index in [-0.39, 0.29) is 0 Å². The van der Waals surface area contributed by atoms with Crippen molar-refractivity contribution in [2.75, 3.05) is 0 Å². The van der Waals surface area contributed by atoms with Crippen LogP contribution >= 0.6 is 23.2 Å². The van der Waals surface area contributed by atoms with Crippen LogP contribution in [0.5, 0.6) is 0 Å². The largest absolute Gasteiger partial charge is 0.347 e. The predicted octanol–water partition coefficient (Wildman–Crippen LogP) is 4.39. The van der Waals surface area contributed by atoms with Gasteiger partial charge >= 0.3 is 0 Å². The molecule has 0 aliphatic rings. The third kappa shape index (κ3) is 2.71. The minimum absolute atomic E-state index is 0.518. The maximum Gasteiger partial charge on any atom is 0.0646 e. The molecule has 1 heterocycles. The molecule has 0 unspecified atom stereocenters. The topological polar surface area (TPSA) is 17.3 Å². The first-order chi connectivity index (χ1) is 8.08. The minimum Gasteiger partial charge on any atom is -0.347 e. The molecule has 0 bridgehead atoms. The van der Waals surface area contributed by atoms with Gasteiger partial charge in [0.05, 0.1) is 27.6 Å². The average molecular weight is 267 g/mol. The average Bonchev–Trinajstić information content (AvgIpc) is 2.62. The molecule has 0 spiro atoms. The number of rotatable bonds is 2. The lowest BCUT2D eigenvalue weighted by molar-refractivity contribution is 0.874. The molecule has 0 aliphatic heterocycles. The lowest BCUT2D eigenvalue weighted by atomic mass is 10.3. The number of aromatic nitrogens is 1. The molecule has 1 aromatic heterocycles. The molecular formula is C13H12Cl2N2. The van der Waals surface area contributed by atoms with Crippen molar-refractivity contribution < 1.29 is 0 Å². The summed E-state index contributed by atoms with van der Waals surface area (Å²) in [5.41, 5.74) is 3.03. The van der Waals surface area contributed by atoms with Gasteiger partial charge in [0, 0.05) is 12.7 Å². The zero-order chi connectivity index (χ0) is 12.4. The van der Waals surface area contributed by atoms with Crippen LogP contribution in [0.2, 0.25) is 10.0 Å². The molecule has 2 aromatic rings. The van der Waals surface area contributed by atoms with Gasteiger partial charge in [0.1, 0.15) is 0 Å². The summed E-state index contributed by atoms with van der Waals surface area (Å²) in [6.07, 6.45) is 1.81. The van der Waals surface area contributed by atoms with Gasteiger partial charge in [0.2, 0.25) is 0 Å². The fourth-order valence-electron chi connectivity index (χ4n) is 1.47. The van der Waals surface area contributed by atoms with E-state index < -0.39 is 0 Å². The van der Waals surface area contributed by atoms with Crippen molar-refractivity contribution in [2.24, 2.45) is 12.0 Å². The summed E-state index contributed by atoms with van der Waals surface area (Å²) in [7, 11) is 2.01. The molecular weight excluding hydrogens is 255 g/mol. The summed E-state index contributed by atoms with van der Waals surface area (Å²) >= 11 is 11.8. The zero-order valence-corrected chi connectivity index (χ0v) is 11.1. The number of hydrogen-bond acceptors (Lipinski definition) is 1. The standard InChI is InChI=1S/C13H12Cl2N2/c1-9-3-5-11(17(9)2)8-16-10-4-6-12(14)13(15)7-10/h3-8H,1-2H3. The lowest BCUT2D eigenvalue weighted by Crippen LogP contribution is -1.96. The number of halogens is 2. The van der Waals surface area contributed by atoms with Gasteiger partial charge in [-0.1, -0.05) is 23.2 Å². The third-order valence-corrected chi connectivity index (χ3v) is 3.40. The van der Waals surface area contributed by atoms with E-state index >= 15 is 0 Å². The molecule has 4 heteroatoms. The van der Waals surface area contributed by atoms with Gasteiger partial charge in [0.25, 0.3) is 0 Å². The van der Waals surface area contributed by atoms with Crippen molar-refractivity contribution in [3.63, 3.8) is 0 Å². The van der Waals surface area contributed by atoms with E-state index in [2.05, 4.69) is 22.5 Å². The summed E-state index contributed by atoms with van der Waals surface area (Å²) in [6, 6.07) is 9.40. The highest BCUT2D eigenvalue weighted by Gasteiger charge is 1.99. The third-order valence-electron chi connectivity index (χ3n) is 2.66. The summed E-state index contributed by atoms with van der Waals surface area (Å²) in [4.78, 5) is 4.36. The van der Waals surface area contributed by atoms with E-state index in [1.54, 1.807) is 12.1 Å². The van der Waals surface area contributed by atoms with E-state index in [4.69, 9.17) is 23.2 Å². The van der Waals surface area contributed by atoms with Gasteiger partial charge in [0.15, 0.2) is 0 Å². The number of nitrogens with zero attached hydrogens (tertiary/aromatic N) is 2. The molecule has 88 valence electrons. The summed E-state index contributed by atoms with van der Waals surface area (Å²) in [5.74, 6) is 0. The van der Waals surface area contributed by atoms with Crippen molar-refractivity contribution in [3.05, 3.63) is 51.8 Å². The first-order valence-electron chi connectivity index (χ1n) is 5.19. The molecule has 0 amide bonds. The van der Waals surface area contributed by atoms with Crippen LogP contribution in [0.25, 0.3) is 0 Å². The molecule has 2 rings (SSSR count). The highest BCUT2D eigenvalue weighted by atomic mass is 35.5. The van der Waals surface area contributed by atoms with Gasteiger partial charge in [-0.25, -0.2) is 0 Å². The molecule has 0 radical (unpaired) electrons. The lowest BCUT2D eigenvalue weighted by Gasteiger charge is -2.00. The Morgan fingerprint density at radius 2 is 1.88 bits per heavy atom. The first kappa shape index (κ1) is 12.2. The number of hydrogen-bond donors (Lipinski definition) is 0. The zero-order valence-electron chi connectivity index (χ0n) is 9.61. The maximum atomic E-state index is 5.92. The number of aryl methyl sites for hydroxylation is 1. The highest BCUT2D eigenvalue weighted by Crippen LogP contribution is 2.26. The van der Waals surface area contributed by atoms with Gasteiger partial charge in [-0.3, -0.25) is 4.99 Å². The predicted molar refractivity (Wildman–Crippen MR) is 73.9 cm³/mol. The van der Waals surface area contributed by atoms with Crippen LogP contribution in [0, 0.1) is 6.92 Å². The first-order valence-corrected chi connectivity index (χ1v) is 5.95. The second kappa shape index (κ2) is 4.94. The van der Waals surface area contributed by atoms with Crippen LogP contribution in [0.15, 0.2) is 35.3 Å². The molecule has 1 aromatic carbocycles. The smallest absolute Gasteiger partial charge is 0.0646 e. The monoisotopic (exact) mass is 266 g/mol. The van der Waals surface area contributed by atoms with Gasteiger partial charge in [-0.15, -0.1) is 0 Å². The van der Waals surface area contributed by atoms with E-state index in [1.165, 1.54) is 5.69 Å². The Morgan fingerprint density at radius 3 is 2.47 bits per heavy atom. The van der Waals surface area contributed by atoms with Crippen molar-refractivity contribution in [3.8, 4) is 0 Å². The van der Waals surface area contributed by atoms with E-state index in [9.17, 15) is 0 Å². The van der Waals surface area contributed by atoms with Crippen molar-refractivity contribution in [1.29, 1.82) is 0 Å². The van der Waals surface area contributed by atoms with Crippen LogP contribution in [-0.4, -0.2) is 10.8 Å². The second-order valence-corrected chi connectivity index (χ2v) is 4.63. The van der Waals surface area contributed by atoms with Crippen molar-refractivity contribution in [2.45, 2.75) is 6.92 Å². The Morgan fingerprint density at radius 1 is 1.12 bits per heavy atom. The minimum atomic E-state index is 0.518. The van der Waals surface area contributed by atoms with E-state index in [0.29, 0.717) is 10.0 Å². The van der Waals surface area contributed by atoms with Crippen molar-refractivity contribution in [1.82, 2.24) is 4.57 Å². The summed E-state index contributed by atoms with van der Waals surface area (Å²) in [6.45, 7) is 2.05. The van der Waals surface area contributed by atoms with Gasteiger partial charge in [-0.05, 0) is 37.3 Å². The molecule has 0 saturated heterocycles. The molecule has 0 aliphatic carbocycles. The van der Waals surface area contributed by atoms with E-state index in [1.807, 2.05) is 25.4 Å². The Bertz CT molecular complexity index is 571. The van der Waals surface area contributed by atoms with Crippen molar-refractivity contribution >= 4 is 35.1 Å². The molecule has 0 atom stereocenters. The van der Waals surface area contributed by atoms with Crippen LogP contribution in [0.4, 0.5) is 5.69 Å². The maximum absolute atomic E-state index is 5.92. The number of aliphatic imine (C=N–C) groups is 1.